The van der Waals surface area contributed by atoms with E-state index >= 15 is 0 Å². The van der Waals surface area contributed by atoms with Gasteiger partial charge in [-0.1, -0.05) is 158 Å². The lowest BCUT2D eigenvalue weighted by Gasteiger charge is -2.41. The molecule has 58 heavy (non-hydrogen) atoms. The second-order valence-electron chi connectivity index (χ2n) is 15.9. The zero-order valence-electron chi connectivity index (χ0n) is 31.4. The SMILES string of the molecule is C1=CC2=CC=C(c3ccnc4c3ccc3cccnc34)C3=CC=C4C=C(c5ccc(-c6nc7ccccc7c7c8ccccc8c8ccccc8c67)cc5)C=C1C4C23. The minimum atomic E-state index is 0.261. The van der Waals surface area contributed by atoms with E-state index < -0.39 is 0 Å². The second kappa shape index (κ2) is 12.0. The van der Waals surface area contributed by atoms with Crippen LogP contribution in [0.15, 0.2) is 211 Å². The number of para-hydroxylation sites is 1. The van der Waals surface area contributed by atoms with Gasteiger partial charge in [-0.25, -0.2) is 4.98 Å². The van der Waals surface area contributed by atoms with Gasteiger partial charge in [0.05, 0.1) is 22.2 Å². The van der Waals surface area contributed by atoms with Crippen LogP contribution in [0.2, 0.25) is 0 Å². The molecule has 3 nitrogen and oxygen atoms in total. The first-order valence-corrected chi connectivity index (χ1v) is 20.1. The topological polar surface area (TPSA) is 38.7 Å². The standard InChI is InChI=1S/C55H33N3/c1-3-11-43-39(9-1)40-10-2-4-12-44(40)52-51(43)47-13-5-6-14-48(47)58-53(52)35-18-15-32(16-19-35)38-30-36-20-17-33-21-24-41(45-25-23-37(31-38)49(36)50(33)45)42-27-29-57-55-46(42)26-22-34-8-7-28-56-54(34)55/h1-31,49-50H. The highest BCUT2D eigenvalue weighted by Gasteiger charge is 2.40. The molecule has 0 saturated carbocycles. The Bertz CT molecular complexity index is 3550. The Morgan fingerprint density at radius 1 is 0.431 bits per heavy atom. The van der Waals surface area contributed by atoms with Gasteiger partial charge < -0.3 is 0 Å². The maximum atomic E-state index is 5.39. The predicted molar refractivity (Wildman–Crippen MR) is 241 cm³/mol. The molecule has 0 fully saturated rings. The lowest BCUT2D eigenvalue weighted by molar-refractivity contribution is 0.568. The van der Waals surface area contributed by atoms with Crippen LogP contribution in [0.25, 0.3) is 87.4 Å². The zero-order valence-corrected chi connectivity index (χ0v) is 31.4. The van der Waals surface area contributed by atoms with Crippen molar-refractivity contribution in [1.82, 2.24) is 15.0 Å². The number of hydrogen-bond donors (Lipinski definition) is 0. The molecular weight excluding hydrogens is 703 g/mol. The molecule has 13 rings (SSSR count). The third-order valence-electron chi connectivity index (χ3n) is 12.9. The molecule has 3 heteroatoms. The van der Waals surface area contributed by atoms with E-state index in [4.69, 9.17) is 15.0 Å². The van der Waals surface area contributed by atoms with E-state index in [2.05, 4.69) is 170 Å². The van der Waals surface area contributed by atoms with Gasteiger partial charge in [0.1, 0.15) is 0 Å². The maximum absolute atomic E-state index is 5.39. The summed E-state index contributed by atoms with van der Waals surface area (Å²) >= 11 is 0. The van der Waals surface area contributed by atoms with Crippen molar-refractivity contribution < 1.29 is 0 Å². The first-order chi connectivity index (χ1) is 28.8. The van der Waals surface area contributed by atoms with E-state index in [0.717, 1.165) is 38.6 Å². The monoisotopic (exact) mass is 735 g/mol. The molecule has 268 valence electrons. The molecule has 0 N–H and O–H groups in total. The molecule has 4 aliphatic carbocycles. The van der Waals surface area contributed by atoms with Crippen molar-refractivity contribution in [3.8, 4) is 11.3 Å². The Morgan fingerprint density at radius 2 is 1.14 bits per heavy atom. The van der Waals surface area contributed by atoms with E-state index in [0.29, 0.717) is 0 Å². The van der Waals surface area contributed by atoms with Gasteiger partial charge in [-0.3, -0.25) is 9.97 Å². The Morgan fingerprint density at radius 3 is 1.98 bits per heavy atom. The highest BCUT2D eigenvalue weighted by Crippen LogP contribution is 2.53. The van der Waals surface area contributed by atoms with Crippen molar-refractivity contribution in [2.24, 2.45) is 11.8 Å². The van der Waals surface area contributed by atoms with Crippen LogP contribution in [-0.2, 0) is 0 Å². The fourth-order valence-electron chi connectivity index (χ4n) is 10.3. The molecule has 4 aliphatic rings. The third kappa shape index (κ3) is 4.47. The fraction of sp³-hybridized carbons (Fsp3) is 0.0364. The van der Waals surface area contributed by atoms with Crippen molar-refractivity contribution in [2.75, 3.05) is 0 Å². The van der Waals surface area contributed by atoms with E-state index in [1.165, 1.54) is 82.3 Å². The molecule has 0 aliphatic heterocycles. The molecule has 3 aromatic heterocycles. The first-order valence-electron chi connectivity index (χ1n) is 20.1. The molecule has 0 saturated heterocycles. The van der Waals surface area contributed by atoms with Gasteiger partial charge in [0.25, 0.3) is 0 Å². The van der Waals surface area contributed by atoms with E-state index in [9.17, 15) is 0 Å². The average Bonchev–Trinajstić information content (AvgIpc) is 3.30. The van der Waals surface area contributed by atoms with Gasteiger partial charge in [-0.2, -0.15) is 0 Å². The summed E-state index contributed by atoms with van der Waals surface area (Å²) in [6.07, 6.45) is 22.6. The van der Waals surface area contributed by atoms with Crippen molar-refractivity contribution >= 4 is 76.2 Å². The predicted octanol–water partition coefficient (Wildman–Crippen LogP) is 13.5. The molecule has 3 heterocycles. The summed E-state index contributed by atoms with van der Waals surface area (Å²) < 4.78 is 0. The van der Waals surface area contributed by atoms with Crippen LogP contribution in [0.4, 0.5) is 0 Å². The van der Waals surface area contributed by atoms with Crippen LogP contribution in [0, 0.1) is 11.8 Å². The molecule has 0 spiro atoms. The number of nitrogens with zero attached hydrogens (tertiary/aromatic N) is 3. The summed E-state index contributed by atoms with van der Waals surface area (Å²) in [5.74, 6) is 0.534. The number of hydrogen-bond acceptors (Lipinski definition) is 3. The van der Waals surface area contributed by atoms with Crippen LogP contribution in [0.3, 0.4) is 0 Å². The van der Waals surface area contributed by atoms with E-state index in [-0.39, 0.29) is 11.8 Å². The zero-order chi connectivity index (χ0) is 37.9. The minimum Gasteiger partial charge on any atom is -0.254 e. The Hall–Kier alpha value is -7.49. The van der Waals surface area contributed by atoms with Gasteiger partial charge in [-0.15, -0.1) is 0 Å². The lowest BCUT2D eigenvalue weighted by Crippen LogP contribution is -2.29. The number of pyridine rings is 3. The fourth-order valence-corrected chi connectivity index (χ4v) is 10.3. The van der Waals surface area contributed by atoms with Crippen LogP contribution >= 0.6 is 0 Å². The second-order valence-corrected chi connectivity index (χ2v) is 15.9. The third-order valence-corrected chi connectivity index (χ3v) is 12.9. The minimum absolute atomic E-state index is 0.261. The van der Waals surface area contributed by atoms with E-state index in [1.807, 2.05) is 18.5 Å². The maximum Gasteiger partial charge on any atom is 0.0970 e. The summed E-state index contributed by atoms with van der Waals surface area (Å²) in [6, 6.07) is 45.9. The highest BCUT2D eigenvalue weighted by molar-refractivity contribution is 6.33. The molecule has 0 bridgehead atoms. The van der Waals surface area contributed by atoms with Crippen LogP contribution in [-0.4, -0.2) is 15.0 Å². The first kappa shape index (κ1) is 31.7. The molecule has 0 radical (unpaired) electrons. The number of allylic oxidation sites excluding steroid dienone is 14. The lowest BCUT2D eigenvalue weighted by atomic mass is 9.61. The Labute approximate surface area is 334 Å². The number of rotatable bonds is 3. The number of benzene rings is 6. The molecule has 0 amide bonds. The van der Waals surface area contributed by atoms with Gasteiger partial charge in [0.2, 0.25) is 0 Å². The van der Waals surface area contributed by atoms with Gasteiger partial charge in [-0.05, 0) is 84.3 Å². The Kier molecular flexibility index (Phi) is 6.56. The van der Waals surface area contributed by atoms with Crippen molar-refractivity contribution in [3.63, 3.8) is 0 Å². The average molecular weight is 736 g/mol. The molecule has 2 unspecified atom stereocenters. The van der Waals surface area contributed by atoms with Crippen molar-refractivity contribution in [2.45, 2.75) is 0 Å². The molecule has 6 aromatic carbocycles. The quantitative estimate of drug-likeness (QED) is 0.170. The van der Waals surface area contributed by atoms with Gasteiger partial charge in [0.15, 0.2) is 0 Å². The Balaban J connectivity index is 0.923. The van der Waals surface area contributed by atoms with Crippen molar-refractivity contribution in [3.05, 3.63) is 222 Å². The number of fused-ring (bicyclic) bond motifs is 11. The van der Waals surface area contributed by atoms with Crippen LogP contribution in [0.1, 0.15) is 11.1 Å². The summed E-state index contributed by atoms with van der Waals surface area (Å²) in [5, 5.41) is 10.9. The molecular formula is C55H33N3. The normalized spacial score (nSPS) is 18.2. The largest absolute Gasteiger partial charge is 0.254 e. The smallest absolute Gasteiger partial charge is 0.0970 e. The summed E-state index contributed by atoms with van der Waals surface area (Å²) in [5.41, 5.74) is 15.4. The van der Waals surface area contributed by atoms with Gasteiger partial charge >= 0.3 is 0 Å². The van der Waals surface area contributed by atoms with Gasteiger partial charge in [0, 0.05) is 56.7 Å². The van der Waals surface area contributed by atoms with Crippen LogP contribution in [0.5, 0.6) is 0 Å². The summed E-state index contributed by atoms with van der Waals surface area (Å²) in [4.78, 5) is 14.9. The van der Waals surface area contributed by atoms with Crippen LogP contribution < -0.4 is 0 Å². The molecule has 2 atom stereocenters. The highest BCUT2D eigenvalue weighted by atomic mass is 14.7. The molecule has 9 aromatic rings. The van der Waals surface area contributed by atoms with Crippen molar-refractivity contribution in [1.29, 1.82) is 0 Å². The summed E-state index contributed by atoms with van der Waals surface area (Å²) in [6.45, 7) is 0. The summed E-state index contributed by atoms with van der Waals surface area (Å²) in [7, 11) is 0. The number of aromatic nitrogens is 3. The van der Waals surface area contributed by atoms with E-state index in [1.54, 1.807) is 0 Å².